The minimum absolute atomic E-state index is 0.236. The van der Waals surface area contributed by atoms with Crippen molar-refractivity contribution >= 4 is 23.2 Å². The quantitative estimate of drug-likeness (QED) is 0.793. The second-order valence-corrected chi connectivity index (χ2v) is 4.07. The zero-order valence-corrected chi connectivity index (χ0v) is 9.68. The van der Waals surface area contributed by atoms with Gasteiger partial charge in [0.2, 0.25) is 0 Å². The molecule has 0 bridgehead atoms. The molecule has 1 heterocycles. The van der Waals surface area contributed by atoms with E-state index in [-0.39, 0.29) is 5.91 Å². The number of nitrogens with one attached hydrogen (secondary N) is 1. The Labute approximate surface area is 92.2 Å². The number of rotatable bonds is 3. The first kappa shape index (κ1) is 11.7. The molecule has 0 aromatic carbocycles. The molecule has 0 spiro atoms. The van der Waals surface area contributed by atoms with Crippen molar-refractivity contribution in [3.05, 3.63) is 21.9 Å². The van der Waals surface area contributed by atoms with Crippen molar-refractivity contribution in [1.82, 2.24) is 5.32 Å². The first-order valence-electron chi connectivity index (χ1n) is 4.49. The van der Waals surface area contributed by atoms with Crippen LogP contribution in [0.3, 0.4) is 0 Å². The van der Waals surface area contributed by atoms with Gasteiger partial charge in [-0.3, -0.25) is 4.79 Å². The molecule has 1 aromatic rings. The van der Waals surface area contributed by atoms with Gasteiger partial charge in [0.25, 0.3) is 5.91 Å². The van der Waals surface area contributed by atoms with Crippen LogP contribution in [-0.2, 0) is 9.53 Å². The number of aryl methyl sites for hydroxylation is 1. The molecule has 0 saturated heterocycles. The third kappa shape index (κ3) is 2.79. The Bertz CT molecular complexity index is 372. The molecule has 1 rings (SSSR count). The molecule has 1 N–H and O–H groups in total. The smallest absolute Gasteiger partial charge is 0.328 e. The highest BCUT2D eigenvalue weighted by molar-refractivity contribution is 7.12. The summed E-state index contributed by atoms with van der Waals surface area (Å²) in [6, 6.07) is 1.24. The lowest BCUT2D eigenvalue weighted by molar-refractivity contribution is -0.142. The molecule has 0 radical (unpaired) electrons. The second-order valence-electron chi connectivity index (χ2n) is 3.15. The summed E-state index contributed by atoms with van der Waals surface area (Å²) in [4.78, 5) is 23.3. The Morgan fingerprint density at radius 1 is 1.53 bits per heavy atom. The number of amides is 1. The molecule has 1 aromatic heterocycles. The normalized spacial score (nSPS) is 11.9. The Morgan fingerprint density at radius 3 is 2.67 bits per heavy atom. The molecule has 5 heteroatoms. The average Bonchev–Trinajstić information content (AvgIpc) is 2.63. The number of thiophene rings is 1. The predicted molar refractivity (Wildman–Crippen MR) is 58.0 cm³/mol. The van der Waals surface area contributed by atoms with Gasteiger partial charge >= 0.3 is 5.97 Å². The fourth-order valence-electron chi connectivity index (χ4n) is 1.10. The van der Waals surface area contributed by atoms with E-state index in [2.05, 4.69) is 10.1 Å². The van der Waals surface area contributed by atoms with Crippen LogP contribution in [-0.4, -0.2) is 25.0 Å². The monoisotopic (exact) mass is 227 g/mol. The number of esters is 1. The number of carbonyl (C=O) groups is 2. The van der Waals surface area contributed by atoms with Crippen LogP contribution < -0.4 is 5.32 Å². The molecule has 0 aliphatic rings. The summed E-state index contributed by atoms with van der Waals surface area (Å²) in [7, 11) is 1.29. The Balaban J connectivity index is 2.64. The maximum atomic E-state index is 11.6. The standard InChI is InChI=1S/C10H13NO3S/c1-6-4-5-15-8(6)9(12)11-7(2)10(13)14-3/h4-5,7H,1-3H3,(H,11,12). The van der Waals surface area contributed by atoms with Crippen molar-refractivity contribution in [2.24, 2.45) is 0 Å². The van der Waals surface area contributed by atoms with Gasteiger partial charge in [-0.05, 0) is 30.9 Å². The van der Waals surface area contributed by atoms with Crippen LogP contribution in [0.5, 0.6) is 0 Å². The fourth-order valence-corrected chi connectivity index (χ4v) is 1.93. The lowest BCUT2D eigenvalue weighted by Crippen LogP contribution is -2.39. The van der Waals surface area contributed by atoms with Crippen LogP contribution in [0.25, 0.3) is 0 Å². The summed E-state index contributed by atoms with van der Waals surface area (Å²) in [5.41, 5.74) is 0.912. The summed E-state index contributed by atoms with van der Waals surface area (Å²) >= 11 is 1.35. The molecule has 1 unspecified atom stereocenters. The lowest BCUT2D eigenvalue weighted by Gasteiger charge is -2.10. The molecule has 15 heavy (non-hydrogen) atoms. The third-order valence-electron chi connectivity index (χ3n) is 1.97. The van der Waals surface area contributed by atoms with Gasteiger partial charge in [-0.15, -0.1) is 11.3 Å². The topological polar surface area (TPSA) is 55.4 Å². The summed E-state index contributed by atoms with van der Waals surface area (Å²) in [6.45, 7) is 3.45. The number of carbonyl (C=O) groups excluding carboxylic acids is 2. The Morgan fingerprint density at radius 2 is 2.20 bits per heavy atom. The highest BCUT2D eigenvalue weighted by atomic mass is 32.1. The highest BCUT2D eigenvalue weighted by Gasteiger charge is 2.18. The van der Waals surface area contributed by atoms with Crippen molar-refractivity contribution in [2.45, 2.75) is 19.9 Å². The van der Waals surface area contributed by atoms with Gasteiger partial charge in [-0.2, -0.15) is 0 Å². The summed E-state index contributed by atoms with van der Waals surface area (Å²) in [5.74, 6) is -0.682. The van der Waals surface area contributed by atoms with E-state index in [9.17, 15) is 9.59 Å². The maximum Gasteiger partial charge on any atom is 0.328 e. The van der Waals surface area contributed by atoms with E-state index in [1.807, 2.05) is 18.4 Å². The molecule has 0 aliphatic heterocycles. The van der Waals surface area contributed by atoms with Gasteiger partial charge in [0.1, 0.15) is 6.04 Å². The minimum atomic E-state index is -0.621. The predicted octanol–water partition coefficient (Wildman–Crippen LogP) is 1.35. The van der Waals surface area contributed by atoms with Crippen molar-refractivity contribution in [2.75, 3.05) is 7.11 Å². The Hall–Kier alpha value is -1.36. The van der Waals surface area contributed by atoms with Crippen LogP contribution in [0.15, 0.2) is 11.4 Å². The third-order valence-corrected chi connectivity index (χ3v) is 2.99. The number of hydrogen-bond donors (Lipinski definition) is 1. The van der Waals surface area contributed by atoms with Crippen LogP contribution >= 0.6 is 11.3 Å². The van der Waals surface area contributed by atoms with Crippen molar-refractivity contribution < 1.29 is 14.3 Å². The second kappa shape index (κ2) is 4.93. The van der Waals surface area contributed by atoms with Gasteiger partial charge in [0, 0.05) is 0 Å². The summed E-state index contributed by atoms with van der Waals surface area (Å²) in [5, 5.41) is 4.41. The van der Waals surface area contributed by atoms with Crippen LogP contribution in [0.2, 0.25) is 0 Å². The highest BCUT2D eigenvalue weighted by Crippen LogP contribution is 2.15. The first-order chi connectivity index (χ1) is 7.06. The van der Waals surface area contributed by atoms with Crippen LogP contribution in [0.4, 0.5) is 0 Å². The van der Waals surface area contributed by atoms with Crippen LogP contribution in [0.1, 0.15) is 22.2 Å². The van der Waals surface area contributed by atoms with E-state index in [4.69, 9.17) is 0 Å². The van der Waals surface area contributed by atoms with Crippen molar-refractivity contribution in [3.63, 3.8) is 0 Å². The molecule has 1 amide bonds. The lowest BCUT2D eigenvalue weighted by atomic mass is 10.2. The van der Waals surface area contributed by atoms with E-state index in [0.717, 1.165) is 5.56 Å². The minimum Gasteiger partial charge on any atom is -0.467 e. The molecule has 0 saturated carbocycles. The summed E-state index contributed by atoms with van der Waals surface area (Å²) in [6.07, 6.45) is 0. The van der Waals surface area contributed by atoms with Gasteiger partial charge in [0.05, 0.1) is 12.0 Å². The Kier molecular flexibility index (Phi) is 3.85. The molecule has 4 nitrogen and oxygen atoms in total. The molecule has 0 aliphatic carbocycles. The number of hydrogen-bond acceptors (Lipinski definition) is 4. The van der Waals surface area contributed by atoms with Crippen LogP contribution in [0, 0.1) is 6.92 Å². The molecular formula is C10H13NO3S. The van der Waals surface area contributed by atoms with Crippen molar-refractivity contribution in [3.8, 4) is 0 Å². The molecule has 82 valence electrons. The van der Waals surface area contributed by atoms with Crippen molar-refractivity contribution in [1.29, 1.82) is 0 Å². The van der Waals surface area contributed by atoms with Gasteiger partial charge in [-0.1, -0.05) is 0 Å². The number of ether oxygens (including phenoxy) is 1. The van der Waals surface area contributed by atoms with Gasteiger partial charge < -0.3 is 10.1 Å². The molecular weight excluding hydrogens is 214 g/mol. The summed E-state index contributed by atoms with van der Waals surface area (Å²) < 4.78 is 4.51. The zero-order valence-electron chi connectivity index (χ0n) is 8.87. The number of methoxy groups -OCH3 is 1. The van der Waals surface area contributed by atoms with E-state index in [1.165, 1.54) is 18.4 Å². The fraction of sp³-hybridized carbons (Fsp3) is 0.400. The van der Waals surface area contributed by atoms with Gasteiger partial charge in [0.15, 0.2) is 0 Å². The van der Waals surface area contributed by atoms with E-state index in [0.29, 0.717) is 4.88 Å². The van der Waals surface area contributed by atoms with Gasteiger partial charge in [-0.25, -0.2) is 4.79 Å². The SMILES string of the molecule is COC(=O)C(C)NC(=O)c1sccc1C. The molecule has 1 atom stereocenters. The first-order valence-corrected chi connectivity index (χ1v) is 5.37. The van der Waals surface area contributed by atoms with E-state index in [1.54, 1.807) is 6.92 Å². The van der Waals surface area contributed by atoms with E-state index < -0.39 is 12.0 Å². The molecule has 0 fully saturated rings. The average molecular weight is 227 g/mol. The maximum absolute atomic E-state index is 11.6. The zero-order chi connectivity index (χ0) is 11.4. The largest absolute Gasteiger partial charge is 0.467 e. The van der Waals surface area contributed by atoms with E-state index >= 15 is 0 Å².